The molecule has 0 spiro atoms. The lowest BCUT2D eigenvalue weighted by Gasteiger charge is -2.29. The van der Waals surface area contributed by atoms with Crippen molar-refractivity contribution < 1.29 is 23.6 Å². The van der Waals surface area contributed by atoms with Gasteiger partial charge in [0.05, 0.1) is 38.0 Å². The number of likely N-dealkylation sites (tertiary alicyclic amines) is 1. The smallest absolute Gasteiger partial charge is 0.225 e. The van der Waals surface area contributed by atoms with Crippen LogP contribution in [0.2, 0.25) is 0 Å². The van der Waals surface area contributed by atoms with Gasteiger partial charge in [-0.15, -0.1) is 0 Å². The summed E-state index contributed by atoms with van der Waals surface area (Å²) in [7, 11) is 0. The van der Waals surface area contributed by atoms with E-state index in [0.717, 1.165) is 42.9 Å². The molecule has 3 saturated heterocycles. The number of nitrogens with one attached hydrogen (secondary N) is 1. The minimum absolute atomic E-state index is 0.126. The van der Waals surface area contributed by atoms with Gasteiger partial charge in [0.1, 0.15) is 5.76 Å². The number of hydrogen-bond donors (Lipinski definition) is 1. The molecule has 1 saturated carbocycles. The predicted molar refractivity (Wildman–Crippen MR) is 115 cm³/mol. The summed E-state index contributed by atoms with van der Waals surface area (Å²) in [5, 5.41) is 7.23. The summed E-state index contributed by atoms with van der Waals surface area (Å²) in [4.78, 5) is 29.9. The zero-order chi connectivity index (χ0) is 22.2. The summed E-state index contributed by atoms with van der Waals surface area (Å²) in [6.45, 7) is 8.54. The van der Waals surface area contributed by atoms with Crippen LogP contribution in [0.15, 0.2) is 4.52 Å². The summed E-state index contributed by atoms with van der Waals surface area (Å²) in [5.74, 6) is 1.44. The number of ether oxygens (including phenoxy) is 2. The molecule has 9 heteroatoms. The van der Waals surface area contributed by atoms with Crippen LogP contribution < -0.4 is 5.32 Å². The Morgan fingerprint density at radius 2 is 1.94 bits per heavy atom. The molecular weight excluding hydrogens is 412 g/mol. The maximum Gasteiger partial charge on any atom is 0.225 e. The van der Waals surface area contributed by atoms with Crippen molar-refractivity contribution in [1.82, 2.24) is 20.3 Å². The van der Waals surface area contributed by atoms with Crippen molar-refractivity contribution in [3.8, 4) is 0 Å². The molecule has 0 radical (unpaired) electrons. The molecule has 1 aromatic rings. The highest BCUT2D eigenvalue weighted by Gasteiger charge is 2.51. The van der Waals surface area contributed by atoms with Gasteiger partial charge < -0.3 is 24.2 Å². The second kappa shape index (κ2) is 9.11. The average molecular weight is 447 g/mol. The van der Waals surface area contributed by atoms with Crippen LogP contribution in [0.1, 0.15) is 42.7 Å². The number of rotatable bonds is 7. The molecule has 0 aromatic carbocycles. The molecule has 32 heavy (non-hydrogen) atoms. The Bertz CT molecular complexity index is 828. The Balaban J connectivity index is 1.30. The van der Waals surface area contributed by atoms with Gasteiger partial charge >= 0.3 is 0 Å². The van der Waals surface area contributed by atoms with Gasteiger partial charge in [-0.25, -0.2) is 0 Å². The standard InChI is InChI=1S/C23H34N4O5/c1-14-18(15(2)32-25-14)12-27-11-16(9-21(28)24-17-3-4-17)23-19(27)13-31-20(23)10-22(29)26-5-7-30-8-6-26/h16-17,19-20,23H,3-13H2,1-2H3,(H,24,28)/t16-,19-,20+,23-/m1/s1. The Morgan fingerprint density at radius 3 is 2.62 bits per heavy atom. The molecule has 1 N–H and O–H groups in total. The van der Waals surface area contributed by atoms with E-state index < -0.39 is 0 Å². The van der Waals surface area contributed by atoms with Crippen LogP contribution in [0.3, 0.4) is 0 Å². The van der Waals surface area contributed by atoms with Gasteiger partial charge in [-0.05, 0) is 32.6 Å². The summed E-state index contributed by atoms with van der Waals surface area (Å²) in [6, 6.07) is 0.557. The SMILES string of the molecule is Cc1noc(C)c1CN1C[C@@H](CC(=O)NC2CC2)[C@H]2[C@H](CC(=O)N3CCOCC3)OC[C@H]21. The van der Waals surface area contributed by atoms with E-state index in [0.29, 0.717) is 51.8 Å². The van der Waals surface area contributed by atoms with Crippen molar-refractivity contribution in [2.24, 2.45) is 11.8 Å². The van der Waals surface area contributed by atoms with Gasteiger partial charge in [-0.2, -0.15) is 0 Å². The zero-order valence-electron chi connectivity index (χ0n) is 19.0. The van der Waals surface area contributed by atoms with E-state index in [2.05, 4.69) is 15.4 Å². The van der Waals surface area contributed by atoms with Crippen LogP contribution in [0, 0.1) is 25.7 Å². The van der Waals surface area contributed by atoms with Crippen LogP contribution >= 0.6 is 0 Å². The van der Waals surface area contributed by atoms with Crippen molar-refractivity contribution >= 4 is 11.8 Å². The van der Waals surface area contributed by atoms with Gasteiger partial charge in [0.2, 0.25) is 11.8 Å². The van der Waals surface area contributed by atoms with Gasteiger partial charge in [0, 0.05) is 56.2 Å². The molecule has 4 heterocycles. The lowest BCUT2D eigenvalue weighted by molar-refractivity contribution is -0.138. The summed E-state index contributed by atoms with van der Waals surface area (Å²) >= 11 is 0. The molecule has 4 atom stereocenters. The predicted octanol–water partition coefficient (Wildman–Crippen LogP) is 1.02. The second-order valence-electron chi connectivity index (χ2n) is 9.75. The van der Waals surface area contributed by atoms with Crippen molar-refractivity contribution in [3.05, 3.63) is 17.0 Å². The third-order valence-electron chi connectivity index (χ3n) is 7.51. The van der Waals surface area contributed by atoms with E-state index in [9.17, 15) is 9.59 Å². The number of nitrogens with zero attached hydrogens (tertiary/aromatic N) is 3. The second-order valence-corrected chi connectivity index (χ2v) is 9.75. The minimum Gasteiger partial charge on any atom is -0.378 e. The van der Waals surface area contributed by atoms with Crippen LogP contribution in [0.5, 0.6) is 0 Å². The van der Waals surface area contributed by atoms with Crippen LogP contribution in [0.25, 0.3) is 0 Å². The molecule has 4 aliphatic rings. The fraction of sp³-hybridized carbons (Fsp3) is 0.783. The molecule has 176 valence electrons. The number of aryl methyl sites for hydroxylation is 2. The van der Waals surface area contributed by atoms with Gasteiger partial charge in [-0.1, -0.05) is 5.16 Å². The van der Waals surface area contributed by atoms with E-state index in [1.54, 1.807) is 0 Å². The first-order valence-electron chi connectivity index (χ1n) is 11.9. The number of carbonyl (C=O) groups is 2. The maximum atomic E-state index is 12.9. The molecule has 1 aromatic heterocycles. The third kappa shape index (κ3) is 4.56. The van der Waals surface area contributed by atoms with Crippen LogP contribution in [0.4, 0.5) is 0 Å². The Hall–Kier alpha value is -1.97. The van der Waals surface area contributed by atoms with Crippen molar-refractivity contribution in [3.63, 3.8) is 0 Å². The summed E-state index contributed by atoms with van der Waals surface area (Å²) in [6.07, 6.45) is 2.88. The number of morpholine rings is 1. The number of aromatic nitrogens is 1. The Labute approximate surface area is 188 Å². The highest BCUT2D eigenvalue weighted by molar-refractivity contribution is 5.78. The van der Waals surface area contributed by atoms with E-state index in [-0.39, 0.29) is 35.8 Å². The van der Waals surface area contributed by atoms with Gasteiger partial charge in [-0.3, -0.25) is 14.5 Å². The molecule has 4 fully saturated rings. The first-order valence-corrected chi connectivity index (χ1v) is 11.9. The first-order chi connectivity index (χ1) is 15.5. The van der Waals surface area contributed by atoms with Crippen LogP contribution in [-0.4, -0.2) is 84.4 Å². The molecular formula is C23H34N4O5. The quantitative estimate of drug-likeness (QED) is 0.668. The third-order valence-corrected chi connectivity index (χ3v) is 7.51. The monoisotopic (exact) mass is 446 g/mol. The molecule has 5 rings (SSSR count). The highest BCUT2D eigenvalue weighted by Crippen LogP contribution is 2.42. The van der Waals surface area contributed by atoms with E-state index >= 15 is 0 Å². The largest absolute Gasteiger partial charge is 0.378 e. The van der Waals surface area contributed by atoms with Gasteiger partial charge in [0.25, 0.3) is 0 Å². The molecule has 2 amide bonds. The number of carbonyl (C=O) groups excluding carboxylic acids is 2. The number of hydrogen-bond acceptors (Lipinski definition) is 7. The maximum absolute atomic E-state index is 12.9. The van der Waals surface area contributed by atoms with Crippen molar-refractivity contribution in [2.75, 3.05) is 39.5 Å². The lowest BCUT2D eigenvalue weighted by atomic mass is 9.84. The van der Waals surface area contributed by atoms with E-state index in [1.807, 2.05) is 18.7 Å². The number of amides is 2. The van der Waals surface area contributed by atoms with E-state index in [4.69, 9.17) is 14.0 Å². The van der Waals surface area contributed by atoms with Crippen LogP contribution in [-0.2, 0) is 25.6 Å². The topological polar surface area (TPSA) is 97.1 Å². The highest BCUT2D eigenvalue weighted by atomic mass is 16.5. The molecule has 3 aliphatic heterocycles. The fourth-order valence-electron chi connectivity index (χ4n) is 5.59. The lowest BCUT2D eigenvalue weighted by Crippen LogP contribution is -2.43. The average Bonchev–Trinajstić information content (AvgIpc) is 3.27. The summed E-state index contributed by atoms with van der Waals surface area (Å²) < 4.78 is 17.0. The van der Waals surface area contributed by atoms with Crippen molar-refractivity contribution in [2.45, 2.75) is 64.3 Å². The first kappa shape index (κ1) is 21.9. The molecule has 0 unspecified atom stereocenters. The van der Waals surface area contributed by atoms with Gasteiger partial charge in [0.15, 0.2) is 0 Å². The molecule has 9 nitrogen and oxygen atoms in total. The van der Waals surface area contributed by atoms with Crippen molar-refractivity contribution in [1.29, 1.82) is 0 Å². The Kier molecular flexibility index (Phi) is 6.22. The number of fused-ring (bicyclic) bond motifs is 1. The summed E-state index contributed by atoms with van der Waals surface area (Å²) in [5.41, 5.74) is 2.02. The molecule has 0 bridgehead atoms. The van der Waals surface area contributed by atoms with E-state index in [1.165, 1.54) is 0 Å². The Morgan fingerprint density at radius 1 is 1.16 bits per heavy atom. The molecule has 1 aliphatic carbocycles. The fourth-order valence-corrected chi connectivity index (χ4v) is 5.59. The normalized spacial score (nSPS) is 30.5. The minimum atomic E-state index is -0.149. The zero-order valence-corrected chi connectivity index (χ0v) is 19.0.